The number of phenols is 1. The van der Waals surface area contributed by atoms with Crippen molar-refractivity contribution >= 4 is 11.7 Å². The highest BCUT2D eigenvalue weighted by molar-refractivity contribution is 5.77. The fraction of sp³-hybridized carbons (Fsp3) is 0.235. The normalized spacial score (nSPS) is 11.7. The topological polar surface area (TPSA) is 102 Å². The van der Waals surface area contributed by atoms with Gasteiger partial charge in [-0.25, -0.2) is 0 Å². The third-order valence-corrected chi connectivity index (χ3v) is 3.62. The fourth-order valence-corrected chi connectivity index (χ4v) is 2.38. The first-order valence-corrected chi connectivity index (χ1v) is 6.98. The van der Waals surface area contributed by atoms with Crippen molar-refractivity contribution in [3.63, 3.8) is 0 Å². The molecule has 0 amide bonds. The molecule has 0 aromatic heterocycles. The lowest BCUT2D eigenvalue weighted by molar-refractivity contribution is -0.138. The molecule has 1 unspecified atom stereocenters. The summed E-state index contributed by atoms with van der Waals surface area (Å²) in [5, 5.41) is 19.4. The van der Waals surface area contributed by atoms with Gasteiger partial charge in [0.05, 0.1) is 20.1 Å². The van der Waals surface area contributed by atoms with Gasteiger partial charge in [-0.3, -0.25) is 4.79 Å². The van der Waals surface area contributed by atoms with E-state index in [1.807, 2.05) is 0 Å². The van der Waals surface area contributed by atoms with Crippen molar-refractivity contribution in [2.24, 2.45) is 0 Å². The number of phenolic OH excluding ortho intramolecular Hbond substituents is 1. The zero-order valence-corrected chi connectivity index (χ0v) is 12.9. The first-order chi connectivity index (χ1) is 11.0. The van der Waals surface area contributed by atoms with Crippen molar-refractivity contribution in [1.82, 2.24) is 0 Å². The Kier molecular flexibility index (Phi) is 4.95. The highest BCUT2D eigenvalue weighted by atomic mass is 16.5. The molecule has 0 aliphatic carbocycles. The van der Waals surface area contributed by atoms with Crippen LogP contribution in [0.1, 0.15) is 17.0 Å². The van der Waals surface area contributed by atoms with Gasteiger partial charge in [-0.15, -0.1) is 0 Å². The fourth-order valence-electron chi connectivity index (χ4n) is 2.38. The molecule has 23 heavy (non-hydrogen) atoms. The lowest BCUT2D eigenvalue weighted by Crippen LogP contribution is -2.14. The number of hydrogen-bond acceptors (Lipinski definition) is 5. The predicted molar refractivity (Wildman–Crippen MR) is 86.1 cm³/mol. The van der Waals surface area contributed by atoms with E-state index in [-0.39, 0.29) is 23.7 Å². The van der Waals surface area contributed by atoms with Gasteiger partial charge < -0.3 is 25.4 Å². The van der Waals surface area contributed by atoms with E-state index in [2.05, 4.69) is 0 Å². The highest BCUT2D eigenvalue weighted by Gasteiger charge is 2.22. The van der Waals surface area contributed by atoms with E-state index in [0.717, 1.165) is 0 Å². The second kappa shape index (κ2) is 6.91. The minimum atomic E-state index is -0.944. The Labute approximate surface area is 134 Å². The van der Waals surface area contributed by atoms with Crippen LogP contribution in [0, 0.1) is 0 Å². The van der Waals surface area contributed by atoms with E-state index in [4.69, 9.17) is 15.2 Å². The van der Waals surface area contributed by atoms with Crippen molar-refractivity contribution in [1.29, 1.82) is 0 Å². The standard InChI is InChI=1S/C17H19NO5/c1-22-14-8-10(9-15(23-2)16(14)19)7-13(17(20)21)11-3-5-12(18)6-4-11/h3-6,8-9,13,19H,7,18H2,1-2H3,(H,20,21). The van der Waals surface area contributed by atoms with Gasteiger partial charge >= 0.3 is 5.97 Å². The summed E-state index contributed by atoms with van der Waals surface area (Å²) in [5.41, 5.74) is 7.55. The molecular formula is C17H19NO5. The number of nitrogens with two attached hydrogens (primary N) is 1. The minimum Gasteiger partial charge on any atom is -0.502 e. The van der Waals surface area contributed by atoms with Crippen LogP contribution in [0.2, 0.25) is 0 Å². The predicted octanol–water partition coefficient (Wildman–Crippen LogP) is 2.40. The van der Waals surface area contributed by atoms with Crippen molar-refractivity contribution < 1.29 is 24.5 Å². The summed E-state index contributed by atoms with van der Waals surface area (Å²) in [6.07, 6.45) is 0.228. The van der Waals surface area contributed by atoms with Crippen LogP contribution in [0.4, 0.5) is 5.69 Å². The monoisotopic (exact) mass is 317 g/mol. The van der Waals surface area contributed by atoms with Crippen LogP contribution in [-0.4, -0.2) is 30.4 Å². The minimum absolute atomic E-state index is 0.113. The maximum atomic E-state index is 11.6. The van der Waals surface area contributed by atoms with Crippen molar-refractivity contribution in [2.75, 3.05) is 20.0 Å². The molecule has 0 bridgehead atoms. The number of methoxy groups -OCH3 is 2. The van der Waals surface area contributed by atoms with E-state index >= 15 is 0 Å². The summed E-state index contributed by atoms with van der Waals surface area (Å²) >= 11 is 0. The van der Waals surface area contributed by atoms with Crippen LogP contribution in [0.5, 0.6) is 17.2 Å². The zero-order chi connectivity index (χ0) is 17.0. The molecule has 0 heterocycles. The third kappa shape index (κ3) is 3.66. The van der Waals surface area contributed by atoms with Gasteiger partial charge in [0.1, 0.15) is 0 Å². The summed E-state index contributed by atoms with van der Waals surface area (Å²) in [5.74, 6) is -1.32. The van der Waals surface area contributed by atoms with Crippen LogP contribution in [0.15, 0.2) is 36.4 Å². The zero-order valence-electron chi connectivity index (χ0n) is 12.9. The lowest BCUT2D eigenvalue weighted by atomic mass is 9.91. The van der Waals surface area contributed by atoms with Crippen molar-refractivity contribution in [3.8, 4) is 17.2 Å². The number of benzene rings is 2. The van der Waals surface area contributed by atoms with Crippen molar-refractivity contribution in [3.05, 3.63) is 47.5 Å². The number of aromatic hydroxyl groups is 1. The molecule has 0 spiro atoms. The van der Waals surface area contributed by atoms with Crippen LogP contribution < -0.4 is 15.2 Å². The molecule has 4 N–H and O–H groups in total. The summed E-state index contributed by atoms with van der Waals surface area (Å²) in [4.78, 5) is 11.6. The van der Waals surface area contributed by atoms with E-state index in [9.17, 15) is 15.0 Å². The number of nitrogen functional groups attached to an aromatic ring is 1. The molecule has 0 aliphatic heterocycles. The summed E-state index contributed by atoms with van der Waals surface area (Å²) < 4.78 is 10.2. The molecule has 0 fully saturated rings. The van der Waals surface area contributed by atoms with Crippen LogP contribution in [0.25, 0.3) is 0 Å². The Hall–Kier alpha value is -2.89. The smallest absolute Gasteiger partial charge is 0.311 e. The number of aliphatic carboxylic acids is 1. The first kappa shape index (κ1) is 16.5. The quantitative estimate of drug-likeness (QED) is 0.707. The Bertz CT molecular complexity index is 672. The lowest BCUT2D eigenvalue weighted by Gasteiger charge is -2.16. The molecule has 0 aliphatic rings. The summed E-state index contributed by atoms with van der Waals surface area (Å²) in [6.45, 7) is 0. The number of hydrogen-bond donors (Lipinski definition) is 3. The van der Waals surface area contributed by atoms with Crippen molar-refractivity contribution in [2.45, 2.75) is 12.3 Å². The Morgan fingerprint density at radius 3 is 2.09 bits per heavy atom. The first-order valence-electron chi connectivity index (χ1n) is 6.98. The largest absolute Gasteiger partial charge is 0.502 e. The summed E-state index contributed by atoms with van der Waals surface area (Å²) in [7, 11) is 2.85. The van der Waals surface area contributed by atoms with Crippen LogP contribution >= 0.6 is 0 Å². The van der Waals surface area contributed by atoms with E-state index < -0.39 is 11.9 Å². The van der Waals surface area contributed by atoms with E-state index in [1.165, 1.54) is 14.2 Å². The number of anilines is 1. The number of ether oxygens (including phenoxy) is 2. The number of carboxylic acid groups (broad SMARTS) is 1. The SMILES string of the molecule is COc1cc(CC(C(=O)O)c2ccc(N)cc2)cc(OC)c1O. The molecule has 122 valence electrons. The summed E-state index contributed by atoms with van der Waals surface area (Å²) in [6, 6.07) is 9.94. The molecule has 2 aromatic rings. The average molecular weight is 317 g/mol. The maximum Gasteiger partial charge on any atom is 0.311 e. The molecule has 6 nitrogen and oxygen atoms in total. The Balaban J connectivity index is 2.37. The van der Waals surface area contributed by atoms with Gasteiger partial charge in [-0.05, 0) is 41.8 Å². The molecule has 6 heteroatoms. The molecule has 0 radical (unpaired) electrons. The Morgan fingerprint density at radius 2 is 1.65 bits per heavy atom. The van der Waals surface area contributed by atoms with Gasteiger partial charge in [-0.1, -0.05) is 12.1 Å². The molecule has 0 saturated carbocycles. The maximum absolute atomic E-state index is 11.6. The number of carbonyl (C=O) groups is 1. The van der Waals surface area contributed by atoms with Gasteiger partial charge in [0, 0.05) is 5.69 Å². The second-order valence-electron chi connectivity index (χ2n) is 5.11. The molecule has 2 rings (SSSR count). The third-order valence-electron chi connectivity index (χ3n) is 3.62. The van der Waals surface area contributed by atoms with Gasteiger partial charge in [0.25, 0.3) is 0 Å². The molecular weight excluding hydrogens is 298 g/mol. The van der Waals surface area contributed by atoms with E-state index in [0.29, 0.717) is 16.8 Å². The van der Waals surface area contributed by atoms with Gasteiger partial charge in [-0.2, -0.15) is 0 Å². The number of carboxylic acids is 1. The van der Waals surface area contributed by atoms with E-state index in [1.54, 1.807) is 36.4 Å². The van der Waals surface area contributed by atoms with Crippen LogP contribution in [0.3, 0.4) is 0 Å². The Morgan fingerprint density at radius 1 is 1.13 bits per heavy atom. The molecule has 2 aromatic carbocycles. The second-order valence-corrected chi connectivity index (χ2v) is 5.11. The van der Waals surface area contributed by atoms with Gasteiger partial charge in [0.2, 0.25) is 5.75 Å². The number of rotatable bonds is 6. The highest BCUT2D eigenvalue weighted by Crippen LogP contribution is 2.38. The van der Waals surface area contributed by atoms with Gasteiger partial charge in [0.15, 0.2) is 11.5 Å². The molecule has 0 saturated heterocycles. The average Bonchev–Trinajstić information content (AvgIpc) is 2.54. The molecule has 1 atom stereocenters. The van der Waals surface area contributed by atoms with Crippen LogP contribution in [-0.2, 0) is 11.2 Å².